The molecule has 1 N–H and O–H groups in total. The molecule has 0 fully saturated rings. The van der Waals surface area contributed by atoms with Crippen LogP contribution in [0.1, 0.15) is 36.8 Å². The fraction of sp³-hybridized carbons (Fsp3) is 0.375. The topological polar surface area (TPSA) is 21.3 Å². The van der Waals surface area contributed by atoms with E-state index in [1.165, 1.54) is 10.4 Å². The van der Waals surface area contributed by atoms with Crippen molar-refractivity contribution in [2.45, 2.75) is 33.2 Å². The average Bonchev–Trinajstić information content (AvgIpc) is 2.92. The van der Waals surface area contributed by atoms with Crippen molar-refractivity contribution in [1.29, 1.82) is 0 Å². The number of nitrogens with one attached hydrogen (secondary N) is 1. The molecule has 0 saturated heterocycles. The van der Waals surface area contributed by atoms with E-state index >= 15 is 0 Å². The van der Waals surface area contributed by atoms with Gasteiger partial charge in [-0.15, -0.1) is 11.3 Å². The first-order chi connectivity index (χ1) is 9.24. The summed E-state index contributed by atoms with van der Waals surface area (Å²) < 4.78 is 5.72. The van der Waals surface area contributed by atoms with Gasteiger partial charge in [-0.3, -0.25) is 0 Å². The van der Waals surface area contributed by atoms with Crippen LogP contribution in [0.25, 0.3) is 0 Å². The quantitative estimate of drug-likeness (QED) is 0.799. The summed E-state index contributed by atoms with van der Waals surface area (Å²) in [6, 6.07) is 10.9. The minimum atomic E-state index is 0.349. The Labute approximate surface area is 119 Å². The van der Waals surface area contributed by atoms with Crippen molar-refractivity contribution in [3.8, 4) is 5.75 Å². The number of hydrogen-bond donors (Lipinski definition) is 1. The van der Waals surface area contributed by atoms with Crippen LogP contribution < -0.4 is 10.1 Å². The van der Waals surface area contributed by atoms with E-state index in [-0.39, 0.29) is 0 Å². The molecule has 2 nitrogen and oxygen atoms in total. The molecular weight excluding hydrogens is 254 g/mol. The van der Waals surface area contributed by atoms with Crippen LogP contribution in [0.3, 0.4) is 0 Å². The Morgan fingerprint density at radius 1 is 1.26 bits per heavy atom. The van der Waals surface area contributed by atoms with E-state index in [0.717, 1.165) is 17.9 Å². The van der Waals surface area contributed by atoms with E-state index in [2.05, 4.69) is 54.9 Å². The molecule has 0 spiro atoms. The first-order valence-corrected chi connectivity index (χ1v) is 7.66. The van der Waals surface area contributed by atoms with Crippen LogP contribution in [0.15, 0.2) is 35.7 Å². The van der Waals surface area contributed by atoms with Gasteiger partial charge in [0.2, 0.25) is 0 Å². The highest BCUT2D eigenvalue weighted by Crippen LogP contribution is 2.32. The van der Waals surface area contributed by atoms with E-state index in [9.17, 15) is 0 Å². The highest BCUT2D eigenvalue weighted by Gasteiger charge is 2.12. The van der Waals surface area contributed by atoms with E-state index in [4.69, 9.17) is 4.74 Å². The summed E-state index contributed by atoms with van der Waals surface area (Å²) in [6.07, 6.45) is 1.06. The first-order valence-electron chi connectivity index (χ1n) is 6.78. The molecule has 2 rings (SSSR count). The maximum atomic E-state index is 5.72. The van der Waals surface area contributed by atoms with Crippen molar-refractivity contribution in [2.24, 2.45) is 0 Å². The van der Waals surface area contributed by atoms with Crippen molar-refractivity contribution in [2.75, 3.05) is 11.9 Å². The SMILES string of the molecule is CCOc1cc(C)ccc1NC(CC)c1cccs1. The maximum Gasteiger partial charge on any atom is 0.142 e. The number of benzene rings is 1. The predicted molar refractivity (Wildman–Crippen MR) is 83.3 cm³/mol. The van der Waals surface area contributed by atoms with Crippen LogP contribution in [0.2, 0.25) is 0 Å². The third-order valence-corrected chi connectivity index (χ3v) is 4.05. The van der Waals surface area contributed by atoms with E-state index in [1.807, 2.05) is 6.92 Å². The van der Waals surface area contributed by atoms with Crippen LogP contribution >= 0.6 is 11.3 Å². The molecule has 1 heterocycles. The zero-order valence-electron chi connectivity index (χ0n) is 11.8. The van der Waals surface area contributed by atoms with Crippen LogP contribution in [0.4, 0.5) is 5.69 Å². The Morgan fingerprint density at radius 2 is 2.11 bits per heavy atom. The Kier molecular flexibility index (Phi) is 4.86. The van der Waals surface area contributed by atoms with E-state index < -0.39 is 0 Å². The predicted octanol–water partition coefficient (Wildman–Crippen LogP) is 5.02. The second-order valence-electron chi connectivity index (χ2n) is 4.55. The van der Waals surface area contributed by atoms with Crippen molar-refractivity contribution < 1.29 is 4.74 Å². The minimum Gasteiger partial charge on any atom is -0.492 e. The number of aryl methyl sites for hydroxylation is 1. The number of hydrogen-bond acceptors (Lipinski definition) is 3. The summed E-state index contributed by atoms with van der Waals surface area (Å²) in [6.45, 7) is 6.99. The summed E-state index contributed by atoms with van der Waals surface area (Å²) in [5.41, 5.74) is 2.30. The van der Waals surface area contributed by atoms with Gasteiger partial charge in [0.25, 0.3) is 0 Å². The van der Waals surface area contributed by atoms with Crippen LogP contribution in [-0.4, -0.2) is 6.61 Å². The smallest absolute Gasteiger partial charge is 0.142 e. The van der Waals surface area contributed by atoms with Crippen molar-refractivity contribution in [1.82, 2.24) is 0 Å². The number of thiophene rings is 1. The van der Waals surface area contributed by atoms with Gasteiger partial charge in [0.05, 0.1) is 18.3 Å². The van der Waals surface area contributed by atoms with Gasteiger partial charge < -0.3 is 10.1 Å². The molecule has 1 aromatic heterocycles. The summed E-state index contributed by atoms with van der Waals surface area (Å²) >= 11 is 1.79. The fourth-order valence-electron chi connectivity index (χ4n) is 2.08. The molecular formula is C16H21NOS. The summed E-state index contributed by atoms with van der Waals surface area (Å²) in [4.78, 5) is 1.37. The van der Waals surface area contributed by atoms with Crippen LogP contribution in [-0.2, 0) is 0 Å². The lowest BCUT2D eigenvalue weighted by atomic mass is 10.1. The molecule has 1 atom stereocenters. The second-order valence-corrected chi connectivity index (χ2v) is 5.53. The molecule has 0 radical (unpaired) electrons. The van der Waals surface area contributed by atoms with Crippen molar-refractivity contribution in [3.05, 3.63) is 46.2 Å². The second kappa shape index (κ2) is 6.62. The van der Waals surface area contributed by atoms with Gasteiger partial charge >= 0.3 is 0 Å². The highest BCUT2D eigenvalue weighted by atomic mass is 32.1. The third kappa shape index (κ3) is 3.51. The molecule has 1 aromatic carbocycles. The lowest BCUT2D eigenvalue weighted by Crippen LogP contribution is -2.09. The third-order valence-electron chi connectivity index (χ3n) is 3.06. The van der Waals surface area contributed by atoms with Gasteiger partial charge in [0.15, 0.2) is 0 Å². The first kappa shape index (κ1) is 13.9. The number of ether oxygens (including phenoxy) is 1. The lowest BCUT2D eigenvalue weighted by molar-refractivity contribution is 0.341. The van der Waals surface area contributed by atoms with Gasteiger partial charge in [0, 0.05) is 4.88 Å². The molecule has 0 aliphatic rings. The Balaban J connectivity index is 2.21. The molecule has 0 aliphatic heterocycles. The maximum absolute atomic E-state index is 5.72. The molecule has 2 aromatic rings. The standard InChI is InChI=1S/C16H21NOS/c1-4-13(16-7-6-10-19-16)17-14-9-8-12(3)11-15(14)18-5-2/h6-11,13,17H,4-5H2,1-3H3. The van der Waals surface area contributed by atoms with Crippen LogP contribution in [0.5, 0.6) is 5.75 Å². The summed E-state index contributed by atoms with van der Waals surface area (Å²) in [5.74, 6) is 0.942. The summed E-state index contributed by atoms with van der Waals surface area (Å²) in [7, 11) is 0. The van der Waals surface area contributed by atoms with Gasteiger partial charge in [-0.25, -0.2) is 0 Å². The molecule has 102 valence electrons. The average molecular weight is 275 g/mol. The van der Waals surface area contributed by atoms with Crippen molar-refractivity contribution >= 4 is 17.0 Å². The zero-order chi connectivity index (χ0) is 13.7. The zero-order valence-corrected chi connectivity index (χ0v) is 12.6. The van der Waals surface area contributed by atoms with E-state index in [0.29, 0.717) is 12.6 Å². The van der Waals surface area contributed by atoms with Gasteiger partial charge in [-0.05, 0) is 49.4 Å². The fourth-order valence-corrected chi connectivity index (χ4v) is 2.94. The normalized spacial score (nSPS) is 12.2. The van der Waals surface area contributed by atoms with Crippen molar-refractivity contribution in [3.63, 3.8) is 0 Å². The number of anilines is 1. The lowest BCUT2D eigenvalue weighted by Gasteiger charge is -2.19. The molecule has 0 aliphatic carbocycles. The highest BCUT2D eigenvalue weighted by molar-refractivity contribution is 7.10. The number of rotatable bonds is 6. The van der Waals surface area contributed by atoms with Crippen LogP contribution in [0, 0.1) is 6.92 Å². The Hall–Kier alpha value is -1.48. The molecule has 0 saturated carbocycles. The molecule has 0 bridgehead atoms. The minimum absolute atomic E-state index is 0.349. The van der Waals surface area contributed by atoms with E-state index in [1.54, 1.807) is 11.3 Å². The molecule has 0 amide bonds. The van der Waals surface area contributed by atoms with Gasteiger partial charge in [-0.1, -0.05) is 19.1 Å². The van der Waals surface area contributed by atoms with Gasteiger partial charge in [0.1, 0.15) is 5.75 Å². The van der Waals surface area contributed by atoms with Gasteiger partial charge in [-0.2, -0.15) is 0 Å². The monoisotopic (exact) mass is 275 g/mol. The Bertz CT molecular complexity index is 507. The molecule has 1 unspecified atom stereocenters. The molecule has 19 heavy (non-hydrogen) atoms. The Morgan fingerprint density at radius 3 is 2.74 bits per heavy atom. The largest absolute Gasteiger partial charge is 0.492 e. The summed E-state index contributed by atoms with van der Waals surface area (Å²) in [5, 5.41) is 5.72. The molecule has 3 heteroatoms.